The van der Waals surface area contributed by atoms with Crippen LogP contribution in [-0.4, -0.2) is 17.8 Å². The van der Waals surface area contributed by atoms with Crippen molar-refractivity contribution in [3.05, 3.63) is 77.4 Å². The molecule has 0 atom stereocenters. The second-order valence-electron chi connectivity index (χ2n) is 5.80. The maximum atomic E-state index is 10.8. The number of benzene rings is 2. The molecule has 0 bridgehead atoms. The summed E-state index contributed by atoms with van der Waals surface area (Å²) in [5, 5.41) is 23.0. The van der Waals surface area contributed by atoms with Crippen LogP contribution < -0.4 is 5.32 Å². The van der Waals surface area contributed by atoms with E-state index in [2.05, 4.69) is 22.4 Å². The Morgan fingerprint density at radius 3 is 2.21 bits per heavy atom. The summed E-state index contributed by atoms with van der Waals surface area (Å²) in [7, 11) is 0. The van der Waals surface area contributed by atoms with E-state index in [1.54, 1.807) is 0 Å². The number of nitrogens with one attached hydrogen (secondary N) is 1. The number of thioether (sulfide) groups is 1. The highest BCUT2D eigenvalue weighted by atomic mass is 32.2. The molecule has 0 unspecified atom stereocenters. The number of nitrogens with zero attached hydrogens (tertiary/aromatic N) is 3. The predicted octanol–water partition coefficient (Wildman–Crippen LogP) is 4.40. The average Bonchev–Trinajstić information content (AvgIpc) is 2.76. The molecule has 3 rings (SSSR count). The minimum absolute atomic E-state index is 0.0323. The zero-order valence-electron chi connectivity index (χ0n) is 14.9. The zero-order chi connectivity index (χ0) is 19.8. The van der Waals surface area contributed by atoms with Gasteiger partial charge in [0.1, 0.15) is 34.8 Å². The molecule has 3 aromatic rings. The van der Waals surface area contributed by atoms with Crippen LogP contribution in [0.2, 0.25) is 0 Å². The van der Waals surface area contributed by atoms with E-state index in [1.165, 1.54) is 11.8 Å². The molecule has 0 aliphatic heterocycles. The summed E-state index contributed by atoms with van der Waals surface area (Å²) >= 11 is 1.43. The topological polar surface area (TPSA) is 89.6 Å². The molecule has 0 spiro atoms. The van der Waals surface area contributed by atoms with Crippen molar-refractivity contribution >= 4 is 23.9 Å². The summed E-state index contributed by atoms with van der Waals surface area (Å²) in [6, 6.07) is 23.5. The van der Waals surface area contributed by atoms with Crippen molar-refractivity contribution in [2.45, 2.75) is 10.8 Å². The summed E-state index contributed by atoms with van der Waals surface area (Å²) in [5.74, 6) is 0.943. The quantitative estimate of drug-likeness (QED) is 0.480. The summed E-state index contributed by atoms with van der Waals surface area (Å²) in [5.41, 5.74) is 3.01. The maximum absolute atomic E-state index is 10.8. The van der Waals surface area contributed by atoms with Gasteiger partial charge >= 0.3 is 0 Å². The number of aldehydes is 1. The van der Waals surface area contributed by atoms with Gasteiger partial charge in [0.25, 0.3) is 0 Å². The first-order valence-electron chi connectivity index (χ1n) is 8.56. The Bertz CT molecular complexity index is 1050. The minimum atomic E-state index is 0.0323. The van der Waals surface area contributed by atoms with E-state index in [0.29, 0.717) is 34.0 Å². The molecular weight excluding hydrogens is 368 g/mol. The van der Waals surface area contributed by atoms with Crippen LogP contribution in [0.4, 0.5) is 5.82 Å². The number of carbonyl (C=O) groups excluding carboxylic acids is 1. The lowest BCUT2D eigenvalue weighted by Crippen LogP contribution is -2.09. The Balaban J connectivity index is 2.14. The van der Waals surface area contributed by atoms with Crippen molar-refractivity contribution in [2.75, 3.05) is 11.9 Å². The largest absolute Gasteiger partial charge is 0.362 e. The van der Waals surface area contributed by atoms with E-state index < -0.39 is 0 Å². The molecule has 136 valence electrons. The van der Waals surface area contributed by atoms with Crippen LogP contribution in [-0.2, 0) is 10.5 Å². The Morgan fingerprint density at radius 2 is 1.61 bits per heavy atom. The Morgan fingerprint density at radius 1 is 0.964 bits per heavy atom. The van der Waals surface area contributed by atoms with Crippen molar-refractivity contribution < 1.29 is 4.79 Å². The second-order valence-corrected chi connectivity index (χ2v) is 6.77. The molecular formula is C22H16N4OS. The molecule has 0 saturated heterocycles. The zero-order valence-corrected chi connectivity index (χ0v) is 15.7. The molecule has 0 radical (unpaired) electrons. The van der Waals surface area contributed by atoms with Gasteiger partial charge in [0.15, 0.2) is 0 Å². The van der Waals surface area contributed by atoms with E-state index in [-0.39, 0.29) is 12.1 Å². The van der Waals surface area contributed by atoms with Crippen LogP contribution in [0, 0.1) is 22.7 Å². The molecule has 0 aliphatic carbocycles. The standard InChI is InChI=1S/C22H16N4OS/c23-13-18-20(17-9-5-2-6-10-17)19(14-24)22(26-21(18)25-11-12-27)28-15-16-7-3-1-4-8-16/h1-10,12H,11,15H2,(H,25,26). The molecule has 0 amide bonds. The third-order valence-corrected chi connectivity index (χ3v) is 5.07. The number of hydrogen-bond acceptors (Lipinski definition) is 6. The highest BCUT2D eigenvalue weighted by Crippen LogP contribution is 2.37. The molecule has 1 heterocycles. The van der Waals surface area contributed by atoms with E-state index in [9.17, 15) is 15.3 Å². The number of nitriles is 2. The molecule has 5 nitrogen and oxygen atoms in total. The first-order valence-corrected chi connectivity index (χ1v) is 9.55. The van der Waals surface area contributed by atoms with Crippen LogP contribution in [0.5, 0.6) is 0 Å². The SMILES string of the molecule is N#Cc1c(NCC=O)nc(SCc2ccccc2)c(C#N)c1-c1ccccc1. The third-order valence-electron chi connectivity index (χ3n) is 4.02. The third kappa shape index (κ3) is 4.20. The van der Waals surface area contributed by atoms with Gasteiger partial charge in [-0.05, 0) is 11.1 Å². The van der Waals surface area contributed by atoms with Gasteiger partial charge < -0.3 is 10.1 Å². The Hall–Kier alpha value is -3.61. The number of rotatable bonds is 7. The molecule has 28 heavy (non-hydrogen) atoms. The highest BCUT2D eigenvalue weighted by Gasteiger charge is 2.21. The Labute approximate surface area is 167 Å². The summed E-state index contributed by atoms with van der Waals surface area (Å²) < 4.78 is 0. The van der Waals surface area contributed by atoms with Crippen molar-refractivity contribution in [1.82, 2.24) is 4.98 Å². The molecule has 1 aromatic heterocycles. The Kier molecular flexibility index (Phi) is 6.41. The van der Waals surface area contributed by atoms with Gasteiger partial charge in [-0.2, -0.15) is 10.5 Å². The fourth-order valence-electron chi connectivity index (χ4n) is 2.77. The first kappa shape index (κ1) is 19.2. The fourth-order valence-corrected chi connectivity index (χ4v) is 3.71. The van der Waals surface area contributed by atoms with Gasteiger partial charge in [0.2, 0.25) is 0 Å². The van der Waals surface area contributed by atoms with Crippen LogP contribution in [0.25, 0.3) is 11.1 Å². The van der Waals surface area contributed by atoms with Crippen LogP contribution in [0.1, 0.15) is 16.7 Å². The number of carbonyl (C=O) groups is 1. The maximum Gasteiger partial charge on any atom is 0.146 e. The van der Waals surface area contributed by atoms with Crippen molar-refractivity contribution in [3.63, 3.8) is 0 Å². The van der Waals surface area contributed by atoms with Crippen molar-refractivity contribution in [1.29, 1.82) is 10.5 Å². The lowest BCUT2D eigenvalue weighted by Gasteiger charge is -2.15. The predicted molar refractivity (Wildman–Crippen MR) is 110 cm³/mol. The van der Waals surface area contributed by atoms with E-state index in [1.807, 2.05) is 60.7 Å². The van der Waals surface area contributed by atoms with Crippen molar-refractivity contribution in [2.24, 2.45) is 0 Å². The normalized spacial score (nSPS) is 9.93. The minimum Gasteiger partial charge on any atom is -0.362 e. The number of pyridine rings is 1. The molecule has 6 heteroatoms. The van der Waals surface area contributed by atoms with Gasteiger partial charge in [-0.15, -0.1) is 11.8 Å². The summed E-state index contributed by atoms with van der Waals surface area (Å²) in [6.07, 6.45) is 0.708. The van der Waals surface area contributed by atoms with Crippen LogP contribution in [0.3, 0.4) is 0 Å². The summed E-state index contributed by atoms with van der Waals surface area (Å²) in [4.78, 5) is 15.3. The average molecular weight is 384 g/mol. The fraction of sp³-hybridized carbons (Fsp3) is 0.0909. The van der Waals surface area contributed by atoms with Crippen LogP contribution >= 0.6 is 11.8 Å². The molecule has 0 aliphatic rings. The number of aromatic nitrogens is 1. The second kappa shape index (κ2) is 9.36. The summed E-state index contributed by atoms with van der Waals surface area (Å²) in [6.45, 7) is 0.0323. The van der Waals surface area contributed by atoms with Gasteiger partial charge in [-0.1, -0.05) is 60.7 Å². The van der Waals surface area contributed by atoms with E-state index >= 15 is 0 Å². The first-order chi connectivity index (χ1) is 13.8. The smallest absolute Gasteiger partial charge is 0.146 e. The van der Waals surface area contributed by atoms with Gasteiger partial charge in [0.05, 0.1) is 12.1 Å². The van der Waals surface area contributed by atoms with Crippen molar-refractivity contribution in [3.8, 4) is 23.3 Å². The van der Waals surface area contributed by atoms with Crippen LogP contribution in [0.15, 0.2) is 65.7 Å². The number of anilines is 1. The highest BCUT2D eigenvalue weighted by molar-refractivity contribution is 7.98. The molecule has 2 aromatic carbocycles. The molecule has 0 saturated carbocycles. The monoisotopic (exact) mass is 384 g/mol. The molecule has 1 N–H and O–H groups in total. The van der Waals surface area contributed by atoms with E-state index in [4.69, 9.17) is 0 Å². The lowest BCUT2D eigenvalue weighted by atomic mass is 9.97. The van der Waals surface area contributed by atoms with Gasteiger partial charge in [-0.25, -0.2) is 4.98 Å². The van der Waals surface area contributed by atoms with E-state index in [0.717, 1.165) is 11.1 Å². The number of hydrogen-bond donors (Lipinski definition) is 1. The molecule has 0 fully saturated rings. The van der Waals surface area contributed by atoms with Gasteiger partial charge in [-0.3, -0.25) is 0 Å². The van der Waals surface area contributed by atoms with Gasteiger partial charge in [0, 0.05) is 11.3 Å². The lowest BCUT2D eigenvalue weighted by molar-refractivity contribution is -0.106.